The summed E-state index contributed by atoms with van der Waals surface area (Å²) in [5.41, 5.74) is 8.67. The van der Waals surface area contributed by atoms with Gasteiger partial charge in [-0.2, -0.15) is 5.10 Å². The number of thiophene rings is 1. The molecule has 2 aromatic heterocycles. The monoisotopic (exact) mass is 364 g/mol. The fraction of sp³-hybridized carbons (Fsp3) is 0.235. The number of aryl methyl sites for hydroxylation is 1. The van der Waals surface area contributed by atoms with Crippen LogP contribution < -0.4 is 11.1 Å². The molecule has 4 nitrogen and oxygen atoms in total. The van der Waals surface area contributed by atoms with E-state index in [1.54, 1.807) is 16.9 Å². The molecule has 0 spiro atoms. The minimum atomic E-state index is -0.235. The molecule has 24 heavy (non-hydrogen) atoms. The van der Waals surface area contributed by atoms with Crippen LogP contribution in [0.25, 0.3) is 11.3 Å². The number of hydrogen-bond acceptors (Lipinski definition) is 4. The van der Waals surface area contributed by atoms with Crippen LogP contribution in [0.1, 0.15) is 5.56 Å². The second kappa shape index (κ2) is 7.34. The highest BCUT2D eigenvalue weighted by Crippen LogP contribution is 2.38. The fourth-order valence-electron chi connectivity index (χ4n) is 2.60. The van der Waals surface area contributed by atoms with Crippen molar-refractivity contribution in [1.82, 2.24) is 9.78 Å². The fourth-order valence-corrected chi connectivity index (χ4v) is 3.87. The SMILES string of the molecule is Cn1nccc1-c1cc(N[C@H](CN)Cc2cccc(F)c2)sc1Cl. The van der Waals surface area contributed by atoms with Crippen molar-refractivity contribution in [3.05, 3.63) is 58.3 Å². The Kier molecular flexibility index (Phi) is 5.18. The lowest BCUT2D eigenvalue weighted by molar-refractivity contribution is 0.622. The molecule has 0 aliphatic rings. The number of rotatable bonds is 6. The highest BCUT2D eigenvalue weighted by atomic mass is 35.5. The largest absolute Gasteiger partial charge is 0.373 e. The van der Waals surface area contributed by atoms with Gasteiger partial charge in [0.2, 0.25) is 0 Å². The summed E-state index contributed by atoms with van der Waals surface area (Å²) in [4.78, 5) is 0. The van der Waals surface area contributed by atoms with E-state index in [0.29, 0.717) is 17.3 Å². The Labute approximate surface area is 149 Å². The summed E-state index contributed by atoms with van der Waals surface area (Å²) in [6, 6.07) is 10.5. The summed E-state index contributed by atoms with van der Waals surface area (Å²) in [7, 11) is 1.88. The molecule has 1 atom stereocenters. The molecule has 3 aromatic rings. The van der Waals surface area contributed by atoms with Crippen molar-refractivity contribution in [2.75, 3.05) is 11.9 Å². The highest BCUT2D eigenvalue weighted by molar-refractivity contribution is 7.20. The summed E-state index contributed by atoms with van der Waals surface area (Å²) >= 11 is 7.83. The van der Waals surface area contributed by atoms with E-state index in [4.69, 9.17) is 17.3 Å². The second-order valence-corrected chi connectivity index (χ2v) is 7.20. The Morgan fingerprint density at radius 3 is 2.88 bits per heavy atom. The molecule has 0 saturated carbocycles. The van der Waals surface area contributed by atoms with Gasteiger partial charge in [-0.15, -0.1) is 11.3 Å². The van der Waals surface area contributed by atoms with Crippen molar-refractivity contribution in [3.63, 3.8) is 0 Å². The Morgan fingerprint density at radius 2 is 2.21 bits per heavy atom. The predicted molar refractivity (Wildman–Crippen MR) is 98.1 cm³/mol. The maximum Gasteiger partial charge on any atom is 0.123 e. The number of halogens is 2. The number of benzene rings is 1. The molecule has 0 unspecified atom stereocenters. The van der Waals surface area contributed by atoms with Crippen LogP contribution in [-0.2, 0) is 13.5 Å². The van der Waals surface area contributed by atoms with Crippen LogP contribution in [0.5, 0.6) is 0 Å². The quantitative estimate of drug-likeness (QED) is 0.697. The predicted octanol–water partition coefficient (Wildman–Crippen LogP) is 3.92. The molecule has 0 aliphatic carbocycles. The zero-order chi connectivity index (χ0) is 17.1. The van der Waals surface area contributed by atoms with Crippen molar-refractivity contribution in [3.8, 4) is 11.3 Å². The zero-order valence-corrected chi connectivity index (χ0v) is 14.7. The molecular weight excluding hydrogens is 347 g/mol. The van der Waals surface area contributed by atoms with E-state index in [1.807, 2.05) is 25.2 Å². The molecule has 7 heteroatoms. The van der Waals surface area contributed by atoms with Gasteiger partial charge in [0.05, 0.1) is 10.7 Å². The molecule has 1 aromatic carbocycles. The molecule has 3 rings (SSSR count). The first-order valence-corrected chi connectivity index (χ1v) is 8.75. The third kappa shape index (κ3) is 3.77. The van der Waals surface area contributed by atoms with Crippen molar-refractivity contribution in [2.24, 2.45) is 12.8 Å². The number of nitrogens with zero attached hydrogens (tertiary/aromatic N) is 2. The first-order valence-electron chi connectivity index (χ1n) is 7.55. The summed E-state index contributed by atoms with van der Waals surface area (Å²) in [5, 5.41) is 8.50. The van der Waals surface area contributed by atoms with Crippen molar-refractivity contribution >= 4 is 27.9 Å². The average Bonchev–Trinajstić information content (AvgIpc) is 3.12. The van der Waals surface area contributed by atoms with Gasteiger partial charge in [-0.05, 0) is 36.2 Å². The Hall–Kier alpha value is -1.89. The van der Waals surface area contributed by atoms with Crippen LogP contribution in [-0.4, -0.2) is 22.4 Å². The van der Waals surface area contributed by atoms with Crippen LogP contribution >= 0.6 is 22.9 Å². The third-order valence-corrected chi connectivity index (χ3v) is 5.08. The zero-order valence-electron chi connectivity index (χ0n) is 13.2. The van der Waals surface area contributed by atoms with E-state index >= 15 is 0 Å². The van der Waals surface area contributed by atoms with Gasteiger partial charge in [0, 0.05) is 31.4 Å². The summed E-state index contributed by atoms with van der Waals surface area (Å²) in [6.07, 6.45) is 2.38. The van der Waals surface area contributed by atoms with Gasteiger partial charge in [0.1, 0.15) is 10.2 Å². The van der Waals surface area contributed by atoms with Gasteiger partial charge in [0.15, 0.2) is 0 Å². The van der Waals surface area contributed by atoms with Gasteiger partial charge >= 0.3 is 0 Å². The van der Waals surface area contributed by atoms with E-state index in [2.05, 4.69) is 10.4 Å². The minimum absolute atomic E-state index is 0.000837. The van der Waals surface area contributed by atoms with Gasteiger partial charge < -0.3 is 11.1 Å². The van der Waals surface area contributed by atoms with E-state index in [1.165, 1.54) is 23.5 Å². The average molecular weight is 365 g/mol. The molecule has 0 amide bonds. The Balaban J connectivity index is 1.76. The van der Waals surface area contributed by atoms with Crippen molar-refractivity contribution < 1.29 is 4.39 Å². The Bertz CT molecular complexity index is 830. The molecule has 126 valence electrons. The van der Waals surface area contributed by atoms with Gasteiger partial charge in [-0.1, -0.05) is 23.7 Å². The normalized spacial score (nSPS) is 12.3. The van der Waals surface area contributed by atoms with Gasteiger partial charge in [0.25, 0.3) is 0 Å². The molecular formula is C17H18ClFN4S. The van der Waals surface area contributed by atoms with Crippen LogP contribution in [0.2, 0.25) is 4.34 Å². The number of nitrogens with one attached hydrogen (secondary N) is 1. The lowest BCUT2D eigenvalue weighted by Crippen LogP contribution is -2.30. The van der Waals surface area contributed by atoms with E-state index < -0.39 is 0 Å². The smallest absolute Gasteiger partial charge is 0.123 e. The topological polar surface area (TPSA) is 55.9 Å². The second-order valence-electron chi connectivity index (χ2n) is 5.55. The van der Waals surface area contributed by atoms with Crippen LogP contribution in [0.15, 0.2) is 42.6 Å². The van der Waals surface area contributed by atoms with Gasteiger partial charge in [-0.25, -0.2) is 4.39 Å². The molecule has 0 aliphatic heterocycles. The summed E-state index contributed by atoms with van der Waals surface area (Å²) in [5.74, 6) is -0.235. The maximum absolute atomic E-state index is 13.3. The first kappa shape index (κ1) is 17.0. The lowest BCUT2D eigenvalue weighted by atomic mass is 10.1. The summed E-state index contributed by atoms with van der Waals surface area (Å²) < 4.78 is 15.8. The standard InChI is InChI=1S/C17H18ClFN4S/c1-23-15(5-6-21-23)14-9-16(24-17(14)18)22-13(10-20)8-11-3-2-4-12(19)7-11/h2-7,9,13,22H,8,10,20H2,1H3/t13-/m0/s1. The molecule has 0 fully saturated rings. The van der Waals surface area contributed by atoms with Crippen LogP contribution in [0, 0.1) is 5.82 Å². The first-order chi connectivity index (χ1) is 11.6. The number of nitrogens with two attached hydrogens (primary N) is 1. The molecule has 0 saturated heterocycles. The van der Waals surface area contributed by atoms with Gasteiger partial charge in [-0.3, -0.25) is 4.68 Å². The van der Waals surface area contributed by atoms with E-state index in [9.17, 15) is 4.39 Å². The molecule has 0 radical (unpaired) electrons. The van der Waals surface area contributed by atoms with Crippen LogP contribution in [0.4, 0.5) is 9.39 Å². The maximum atomic E-state index is 13.3. The van der Waals surface area contributed by atoms with E-state index in [0.717, 1.165) is 21.8 Å². The highest BCUT2D eigenvalue weighted by Gasteiger charge is 2.15. The Morgan fingerprint density at radius 1 is 1.38 bits per heavy atom. The minimum Gasteiger partial charge on any atom is -0.373 e. The lowest BCUT2D eigenvalue weighted by Gasteiger charge is -2.17. The van der Waals surface area contributed by atoms with Crippen molar-refractivity contribution in [1.29, 1.82) is 0 Å². The summed E-state index contributed by atoms with van der Waals surface area (Å²) in [6.45, 7) is 0.438. The molecule has 2 heterocycles. The number of hydrogen-bond donors (Lipinski definition) is 2. The van der Waals surface area contributed by atoms with E-state index in [-0.39, 0.29) is 11.9 Å². The van der Waals surface area contributed by atoms with Crippen molar-refractivity contribution in [2.45, 2.75) is 12.5 Å². The van der Waals surface area contributed by atoms with Crippen LogP contribution in [0.3, 0.4) is 0 Å². The number of aromatic nitrogens is 2. The number of anilines is 1. The molecule has 0 bridgehead atoms. The molecule has 3 N–H and O–H groups in total. The third-order valence-electron chi connectivity index (χ3n) is 3.79.